The van der Waals surface area contributed by atoms with Crippen LogP contribution >= 0.6 is 0 Å². The third-order valence-electron chi connectivity index (χ3n) is 6.69. The van der Waals surface area contributed by atoms with E-state index in [2.05, 4.69) is 42.6 Å². The summed E-state index contributed by atoms with van der Waals surface area (Å²) in [5.41, 5.74) is 0.538. The van der Waals surface area contributed by atoms with Gasteiger partial charge in [0.1, 0.15) is 5.75 Å². The second-order valence-corrected chi connectivity index (χ2v) is 9.18. The highest BCUT2D eigenvalue weighted by Crippen LogP contribution is 2.31. The first kappa shape index (κ1) is 23.2. The fraction of sp³-hybridized carbons (Fsp3) is 0.609. The predicted octanol–water partition coefficient (Wildman–Crippen LogP) is 4.38. The first-order chi connectivity index (χ1) is 16.0. The van der Waals surface area contributed by atoms with Crippen molar-refractivity contribution < 1.29 is 5.11 Å². The number of benzene rings is 1. The zero-order chi connectivity index (χ0) is 23.2. The number of aromatic nitrogens is 3. The van der Waals surface area contributed by atoms with E-state index in [0.29, 0.717) is 35.6 Å². The lowest BCUT2D eigenvalue weighted by Gasteiger charge is -2.35. The van der Waals surface area contributed by atoms with E-state index >= 15 is 0 Å². The van der Waals surface area contributed by atoms with E-state index in [1.165, 1.54) is 37.8 Å². The van der Waals surface area contributed by atoms with Crippen molar-refractivity contribution in [1.82, 2.24) is 19.9 Å². The summed E-state index contributed by atoms with van der Waals surface area (Å²) in [5, 5.41) is 19.3. The fourth-order valence-electron chi connectivity index (χ4n) is 4.60. The predicted molar refractivity (Wildman–Crippen MR) is 131 cm³/mol. The molecule has 178 valence electrons. The number of aromatic hydroxyl groups is 1. The van der Waals surface area contributed by atoms with Gasteiger partial charge in [0.2, 0.25) is 17.8 Å². The van der Waals surface area contributed by atoms with Crippen LogP contribution < -0.4 is 15.5 Å². The van der Waals surface area contributed by atoms with Gasteiger partial charge in [0, 0.05) is 24.8 Å². The Labute approximate surface area is 194 Å². The van der Waals surface area contributed by atoms with Gasteiger partial charge in [-0.3, -0.25) is 0 Å². The van der Waals surface area contributed by atoms with Crippen LogP contribution in [0.3, 0.4) is 0 Å². The molecule has 2 aromatic rings. The molecular formula is C23H34N8O2. The summed E-state index contributed by atoms with van der Waals surface area (Å²) in [6.07, 6.45) is 9.32. The van der Waals surface area contributed by atoms with Gasteiger partial charge in [-0.1, -0.05) is 25.7 Å². The van der Waals surface area contributed by atoms with Crippen LogP contribution in [0.5, 0.6) is 5.75 Å². The SMILES string of the molecule is CN1CCC(N(C)c2nc(Nc3ccc(O)c(N=O)c3)nc(NC3CCCCCC3)n2)CC1. The average molecular weight is 455 g/mol. The maximum atomic E-state index is 11.0. The molecule has 1 saturated heterocycles. The second-order valence-electron chi connectivity index (χ2n) is 9.18. The molecule has 0 amide bonds. The van der Waals surface area contributed by atoms with Gasteiger partial charge in [0.25, 0.3) is 0 Å². The molecule has 0 spiro atoms. The highest BCUT2D eigenvalue weighted by Gasteiger charge is 2.24. The molecule has 0 radical (unpaired) electrons. The summed E-state index contributed by atoms with van der Waals surface area (Å²) in [6.45, 7) is 2.10. The fourth-order valence-corrected chi connectivity index (χ4v) is 4.60. The number of hydrogen-bond acceptors (Lipinski definition) is 10. The lowest BCUT2D eigenvalue weighted by molar-refractivity contribution is 0.252. The zero-order valence-electron chi connectivity index (χ0n) is 19.5. The van der Waals surface area contributed by atoms with E-state index in [1.807, 2.05) is 7.05 Å². The highest BCUT2D eigenvalue weighted by atomic mass is 16.3. The molecule has 0 bridgehead atoms. The number of hydrogen-bond donors (Lipinski definition) is 3. The molecule has 33 heavy (non-hydrogen) atoms. The Morgan fingerprint density at radius 3 is 2.42 bits per heavy atom. The van der Waals surface area contributed by atoms with Crippen LogP contribution in [0.15, 0.2) is 23.4 Å². The average Bonchev–Trinajstić information content (AvgIpc) is 3.09. The highest BCUT2D eigenvalue weighted by molar-refractivity contribution is 5.65. The van der Waals surface area contributed by atoms with Crippen molar-refractivity contribution in [2.45, 2.75) is 63.5 Å². The summed E-state index contributed by atoms with van der Waals surface area (Å²) < 4.78 is 0. The third-order valence-corrected chi connectivity index (χ3v) is 6.69. The monoisotopic (exact) mass is 454 g/mol. The number of nitrogens with zero attached hydrogens (tertiary/aromatic N) is 6. The van der Waals surface area contributed by atoms with Gasteiger partial charge in [-0.25, -0.2) is 0 Å². The van der Waals surface area contributed by atoms with Crippen molar-refractivity contribution >= 4 is 29.2 Å². The normalized spacial score (nSPS) is 18.5. The Morgan fingerprint density at radius 1 is 1.03 bits per heavy atom. The molecule has 10 heteroatoms. The molecule has 1 aromatic heterocycles. The minimum Gasteiger partial charge on any atom is -0.506 e. The summed E-state index contributed by atoms with van der Waals surface area (Å²) in [7, 11) is 4.19. The standard InChI is InChI=1S/C23H34N8O2/c1-30-13-11-18(12-14-30)31(2)23-27-21(24-16-7-5-3-4-6-8-16)26-22(28-23)25-17-9-10-20(32)19(15-17)29-33/h9-10,15-16,18,32H,3-8,11-14H2,1-2H3,(H2,24,25,26,27,28). The van der Waals surface area contributed by atoms with Crippen molar-refractivity contribution in [3.63, 3.8) is 0 Å². The zero-order valence-corrected chi connectivity index (χ0v) is 19.5. The van der Waals surface area contributed by atoms with E-state index in [4.69, 9.17) is 4.98 Å². The molecule has 1 aromatic carbocycles. The molecule has 2 aliphatic rings. The Morgan fingerprint density at radius 2 is 1.73 bits per heavy atom. The molecule has 2 fully saturated rings. The number of likely N-dealkylation sites (tertiary alicyclic amines) is 1. The quantitative estimate of drug-likeness (QED) is 0.318. The van der Waals surface area contributed by atoms with Crippen LogP contribution in [0.1, 0.15) is 51.4 Å². The van der Waals surface area contributed by atoms with Crippen LogP contribution in [0.25, 0.3) is 0 Å². The van der Waals surface area contributed by atoms with Crippen molar-refractivity contribution in [2.75, 3.05) is 42.7 Å². The van der Waals surface area contributed by atoms with Gasteiger partial charge >= 0.3 is 0 Å². The lowest BCUT2D eigenvalue weighted by atomic mass is 10.0. The largest absolute Gasteiger partial charge is 0.506 e. The Kier molecular flexibility index (Phi) is 7.54. The first-order valence-electron chi connectivity index (χ1n) is 11.9. The molecule has 10 nitrogen and oxygen atoms in total. The number of rotatable bonds is 7. The van der Waals surface area contributed by atoms with Crippen molar-refractivity contribution in [3.8, 4) is 5.75 Å². The van der Waals surface area contributed by atoms with E-state index in [-0.39, 0.29) is 11.4 Å². The molecule has 3 N–H and O–H groups in total. The molecule has 0 unspecified atom stereocenters. The number of nitrogens with one attached hydrogen (secondary N) is 2. The minimum atomic E-state index is -0.162. The number of piperidine rings is 1. The van der Waals surface area contributed by atoms with Crippen LogP contribution in [0.2, 0.25) is 0 Å². The number of anilines is 4. The van der Waals surface area contributed by atoms with Crippen molar-refractivity contribution in [3.05, 3.63) is 23.1 Å². The van der Waals surface area contributed by atoms with E-state index < -0.39 is 0 Å². The topological polar surface area (TPSA) is 119 Å². The Bertz CT molecular complexity index is 940. The van der Waals surface area contributed by atoms with Crippen LogP contribution in [0, 0.1) is 4.91 Å². The van der Waals surface area contributed by atoms with Gasteiger partial charge in [0.05, 0.1) is 0 Å². The Hall–Kier alpha value is -3.01. The van der Waals surface area contributed by atoms with Gasteiger partial charge in [-0.15, -0.1) is 4.91 Å². The Balaban J connectivity index is 1.59. The van der Waals surface area contributed by atoms with E-state index in [0.717, 1.165) is 38.8 Å². The molecule has 1 aliphatic carbocycles. The van der Waals surface area contributed by atoms with Gasteiger partial charge < -0.3 is 25.5 Å². The second kappa shape index (κ2) is 10.7. The lowest BCUT2D eigenvalue weighted by Crippen LogP contribution is -2.42. The summed E-state index contributed by atoms with van der Waals surface area (Å²) in [5.74, 6) is 1.40. The van der Waals surface area contributed by atoms with Crippen LogP contribution in [-0.4, -0.2) is 64.2 Å². The summed E-state index contributed by atoms with van der Waals surface area (Å²) in [6, 6.07) is 5.28. The maximum Gasteiger partial charge on any atom is 0.233 e. The van der Waals surface area contributed by atoms with Crippen molar-refractivity contribution in [2.24, 2.45) is 5.18 Å². The molecule has 0 atom stereocenters. The van der Waals surface area contributed by atoms with E-state index in [1.54, 1.807) is 6.07 Å². The van der Waals surface area contributed by atoms with E-state index in [9.17, 15) is 10.0 Å². The number of phenolic OH excluding ortho intramolecular Hbond substituents is 1. The molecule has 1 saturated carbocycles. The molecule has 4 rings (SSSR count). The third kappa shape index (κ3) is 6.07. The van der Waals surface area contributed by atoms with Crippen LogP contribution in [0.4, 0.5) is 29.2 Å². The summed E-state index contributed by atoms with van der Waals surface area (Å²) in [4.78, 5) is 29.5. The van der Waals surface area contributed by atoms with Crippen molar-refractivity contribution in [1.29, 1.82) is 0 Å². The maximum absolute atomic E-state index is 11.0. The minimum absolute atomic E-state index is 0.0328. The molecule has 1 aliphatic heterocycles. The number of phenols is 1. The molecule has 2 heterocycles. The molecular weight excluding hydrogens is 420 g/mol. The van der Waals surface area contributed by atoms with Crippen LogP contribution in [-0.2, 0) is 0 Å². The van der Waals surface area contributed by atoms with Gasteiger partial charge in [-0.2, -0.15) is 15.0 Å². The van der Waals surface area contributed by atoms with Gasteiger partial charge in [-0.05, 0) is 69.2 Å². The summed E-state index contributed by atoms with van der Waals surface area (Å²) >= 11 is 0. The van der Waals surface area contributed by atoms with Gasteiger partial charge in [0.15, 0.2) is 5.69 Å². The smallest absolute Gasteiger partial charge is 0.233 e. The first-order valence-corrected chi connectivity index (χ1v) is 11.9. The number of nitroso groups, excluding NO2 is 1.